The molecule has 6 heteroatoms. The third-order valence-corrected chi connectivity index (χ3v) is 2.75. The summed E-state index contributed by atoms with van der Waals surface area (Å²) in [6.07, 6.45) is -0.157. The van der Waals surface area contributed by atoms with Gasteiger partial charge in [0.05, 0.1) is 6.54 Å². The van der Waals surface area contributed by atoms with E-state index in [0.717, 1.165) is 5.01 Å². The Morgan fingerprint density at radius 1 is 1.75 bits per heavy atom. The number of amides is 1. The maximum atomic E-state index is 10.8. The largest absolute Gasteiger partial charge is 0.333 e. The molecule has 1 aliphatic heterocycles. The Kier molecular flexibility index (Phi) is 2.00. The Balaban J connectivity index is 2.15. The minimum atomic E-state index is -0.157. The number of rotatable bonds is 1. The second-order valence-electron chi connectivity index (χ2n) is 2.39. The molecule has 1 aromatic rings. The SMILES string of the molecule is O=C1CNC(c2nc(Cl)cs2)N1. The molecule has 1 aliphatic rings. The first kappa shape index (κ1) is 7.97. The standard InChI is InChI=1S/C6H6ClN3OS/c7-3-2-12-6(9-3)5-8-1-4(11)10-5/h2,5,8H,1H2,(H,10,11). The van der Waals surface area contributed by atoms with Crippen molar-refractivity contribution >= 4 is 28.8 Å². The van der Waals surface area contributed by atoms with Crippen molar-refractivity contribution in [3.05, 3.63) is 15.5 Å². The van der Waals surface area contributed by atoms with Gasteiger partial charge in [-0.25, -0.2) is 4.98 Å². The van der Waals surface area contributed by atoms with Crippen molar-refractivity contribution in [2.24, 2.45) is 0 Å². The minimum Gasteiger partial charge on any atom is -0.333 e. The highest BCUT2D eigenvalue weighted by Crippen LogP contribution is 2.20. The molecule has 12 heavy (non-hydrogen) atoms. The molecule has 4 nitrogen and oxygen atoms in total. The number of nitrogens with zero attached hydrogens (tertiary/aromatic N) is 1. The highest BCUT2D eigenvalue weighted by Gasteiger charge is 2.23. The number of hydrogen-bond donors (Lipinski definition) is 2. The quantitative estimate of drug-likeness (QED) is 0.700. The van der Waals surface area contributed by atoms with Gasteiger partial charge in [0, 0.05) is 5.38 Å². The summed E-state index contributed by atoms with van der Waals surface area (Å²) in [6, 6.07) is 0. The van der Waals surface area contributed by atoms with Crippen molar-refractivity contribution in [3.63, 3.8) is 0 Å². The third kappa shape index (κ3) is 1.43. The lowest BCUT2D eigenvalue weighted by molar-refractivity contribution is -0.118. The second-order valence-corrected chi connectivity index (χ2v) is 3.67. The van der Waals surface area contributed by atoms with E-state index in [-0.39, 0.29) is 12.1 Å². The van der Waals surface area contributed by atoms with Crippen molar-refractivity contribution in [1.82, 2.24) is 15.6 Å². The van der Waals surface area contributed by atoms with Crippen LogP contribution in [0.2, 0.25) is 5.15 Å². The number of carbonyl (C=O) groups is 1. The summed E-state index contributed by atoms with van der Waals surface area (Å²) >= 11 is 7.06. The van der Waals surface area contributed by atoms with Gasteiger partial charge < -0.3 is 5.32 Å². The van der Waals surface area contributed by atoms with Crippen LogP contribution in [0.15, 0.2) is 5.38 Å². The fraction of sp³-hybridized carbons (Fsp3) is 0.333. The predicted octanol–water partition coefficient (Wildman–Crippen LogP) is 0.515. The van der Waals surface area contributed by atoms with Crippen LogP contribution < -0.4 is 10.6 Å². The van der Waals surface area contributed by atoms with Crippen LogP contribution in [0.3, 0.4) is 0 Å². The highest BCUT2D eigenvalue weighted by atomic mass is 35.5. The van der Waals surface area contributed by atoms with Crippen LogP contribution in [0.4, 0.5) is 0 Å². The summed E-state index contributed by atoms with van der Waals surface area (Å²) in [7, 11) is 0. The van der Waals surface area contributed by atoms with Gasteiger partial charge >= 0.3 is 0 Å². The molecule has 0 bridgehead atoms. The Morgan fingerprint density at radius 3 is 3.08 bits per heavy atom. The van der Waals surface area contributed by atoms with Crippen molar-refractivity contribution < 1.29 is 4.79 Å². The summed E-state index contributed by atoms with van der Waals surface area (Å²) in [5.74, 6) is -0.00803. The normalized spacial score (nSPS) is 22.8. The molecule has 0 spiro atoms. The molecule has 2 N–H and O–H groups in total. The van der Waals surface area contributed by atoms with E-state index in [4.69, 9.17) is 11.6 Å². The zero-order chi connectivity index (χ0) is 8.55. The first-order valence-corrected chi connectivity index (χ1v) is 4.65. The molecule has 2 rings (SSSR count). The van der Waals surface area contributed by atoms with Gasteiger partial charge in [-0.1, -0.05) is 11.6 Å². The van der Waals surface area contributed by atoms with Crippen molar-refractivity contribution in [2.75, 3.05) is 6.54 Å². The van der Waals surface area contributed by atoms with Crippen LogP contribution in [0.25, 0.3) is 0 Å². The van der Waals surface area contributed by atoms with Gasteiger partial charge in [-0.2, -0.15) is 0 Å². The molecule has 0 radical (unpaired) electrons. The third-order valence-electron chi connectivity index (χ3n) is 1.51. The summed E-state index contributed by atoms with van der Waals surface area (Å²) in [6.45, 7) is 0.349. The van der Waals surface area contributed by atoms with Gasteiger partial charge in [0.2, 0.25) is 5.91 Å². The summed E-state index contributed by atoms with van der Waals surface area (Å²) < 4.78 is 0. The van der Waals surface area contributed by atoms with Crippen LogP contribution in [0, 0.1) is 0 Å². The van der Waals surface area contributed by atoms with Crippen LogP contribution in [0.1, 0.15) is 11.2 Å². The van der Waals surface area contributed by atoms with Gasteiger partial charge in [0.1, 0.15) is 16.3 Å². The maximum Gasteiger partial charge on any atom is 0.235 e. The number of hydrogen-bond acceptors (Lipinski definition) is 4. The van der Waals surface area contributed by atoms with Gasteiger partial charge in [-0.15, -0.1) is 11.3 Å². The summed E-state index contributed by atoms with van der Waals surface area (Å²) in [4.78, 5) is 14.8. The van der Waals surface area contributed by atoms with E-state index in [0.29, 0.717) is 11.7 Å². The molecule has 1 amide bonds. The Morgan fingerprint density at radius 2 is 2.58 bits per heavy atom. The van der Waals surface area contributed by atoms with Crippen LogP contribution in [-0.2, 0) is 4.79 Å². The lowest BCUT2D eigenvalue weighted by atomic mass is 10.5. The lowest BCUT2D eigenvalue weighted by Crippen LogP contribution is -2.22. The van der Waals surface area contributed by atoms with Gasteiger partial charge in [0.25, 0.3) is 0 Å². The average Bonchev–Trinajstić information content (AvgIpc) is 2.58. The first-order chi connectivity index (χ1) is 5.75. The summed E-state index contributed by atoms with van der Waals surface area (Å²) in [5.41, 5.74) is 0. The molecule has 0 aromatic carbocycles. The van der Waals surface area contributed by atoms with Gasteiger partial charge in [-0.05, 0) is 0 Å². The van der Waals surface area contributed by atoms with E-state index >= 15 is 0 Å². The van der Waals surface area contributed by atoms with Crippen LogP contribution in [0.5, 0.6) is 0 Å². The van der Waals surface area contributed by atoms with Crippen molar-refractivity contribution in [1.29, 1.82) is 0 Å². The number of carbonyl (C=O) groups excluding carboxylic acids is 1. The highest BCUT2D eigenvalue weighted by molar-refractivity contribution is 7.10. The van der Waals surface area contributed by atoms with Crippen LogP contribution in [-0.4, -0.2) is 17.4 Å². The molecule has 1 aromatic heterocycles. The van der Waals surface area contributed by atoms with E-state index in [1.54, 1.807) is 5.38 Å². The predicted molar refractivity (Wildman–Crippen MR) is 46.0 cm³/mol. The zero-order valence-corrected chi connectivity index (χ0v) is 7.58. The smallest absolute Gasteiger partial charge is 0.235 e. The molecule has 1 unspecified atom stereocenters. The monoisotopic (exact) mass is 203 g/mol. The van der Waals surface area contributed by atoms with Gasteiger partial charge in [0.15, 0.2) is 0 Å². The number of nitrogens with one attached hydrogen (secondary N) is 2. The molecule has 64 valence electrons. The molecule has 0 saturated carbocycles. The van der Waals surface area contributed by atoms with E-state index in [9.17, 15) is 4.79 Å². The van der Waals surface area contributed by atoms with Gasteiger partial charge in [-0.3, -0.25) is 10.1 Å². The molecule has 0 aliphatic carbocycles. The topological polar surface area (TPSA) is 54.0 Å². The lowest BCUT2D eigenvalue weighted by Gasteiger charge is -2.04. The second kappa shape index (κ2) is 3.01. The fourth-order valence-electron chi connectivity index (χ4n) is 1.01. The number of halogens is 1. The maximum absolute atomic E-state index is 10.8. The molecule has 1 atom stereocenters. The Bertz CT molecular complexity index is 313. The first-order valence-electron chi connectivity index (χ1n) is 3.39. The van der Waals surface area contributed by atoms with Crippen molar-refractivity contribution in [3.8, 4) is 0 Å². The Hall–Kier alpha value is -0.650. The molecule has 1 fully saturated rings. The molecule has 2 heterocycles. The average molecular weight is 204 g/mol. The summed E-state index contributed by atoms with van der Waals surface area (Å²) in [5, 5.41) is 8.69. The van der Waals surface area contributed by atoms with E-state index in [1.165, 1.54) is 11.3 Å². The van der Waals surface area contributed by atoms with Crippen LogP contribution >= 0.6 is 22.9 Å². The number of thiazole rings is 1. The van der Waals surface area contributed by atoms with Crippen molar-refractivity contribution in [2.45, 2.75) is 6.17 Å². The van der Waals surface area contributed by atoms with E-state index < -0.39 is 0 Å². The minimum absolute atomic E-state index is 0.00803. The zero-order valence-electron chi connectivity index (χ0n) is 6.00. The Labute approximate surface area is 77.9 Å². The molecule has 1 saturated heterocycles. The molecular weight excluding hydrogens is 198 g/mol. The molecular formula is C6H6ClN3OS. The fourth-order valence-corrected chi connectivity index (χ4v) is 1.98. The van der Waals surface area contributed by atoms with E-state index in [2.05, 4.69) is 15.6 Å². The number of aromatic nitrogens is 1. The van der Waals surface area contributed by atoms with E-state index in [1.807, 2.05) is 0 Å².